The van der Waals surface area contributed by atoms with Crippen molar-refractivity contribution >= 4 is 5.91 Å². The minimum atomic E-state index is -0.333. The fourth-order valence-electron chi connectivity index (χ4n) is 2.11. The van der Waals surface area contributed by atoms with E-state index in [1.807, 2.05) is 38.1 Å². The molecule has 1 amide bonds. The molecule has 21 heavy (non-hydrogen) atoms. The van der Waals surface area contributed by atoms with Gasteiger partial charge in [-0.15, -0.1) is 0 Å². The maximum Gasteiger partial charge on any atom is 0.258 e. The van der Waals surface area contributed by atoms with E-state index in [2.05, 4.69) is 5.32 Å². The van der Waals surface area contributed by atoms with Crippen LogP contribution < -0.4 is 10.1 Å². The summed E-state index contributed by atoms with van der Waals surface area (Å²) in [4.78, 5) is 11.9. The summed E-state index contributed by atoms with van der Waals surface area (Å²) in [6.45, 7) is 3.84. The average Bonchev–Trinajstić information content (AvgIpc) is 2.47. The Morgan fingerprint density at radius 3 is 2.52 bits per heavy atom. The van der Waals surface area contributed by atoms with Crippen LogP contribution in [-0.4, -0.2) is 12.5 Å². The summed E-state index contributed by atoms with van der Waals surface area (Å²) < 4.78 is 18.1. The molecule has 110 valence electrons. The van der Waals surface area contributed by atoms with Crippen molar-refractivity contribution in [3.63, 3.8) is 0 Å². The van der Waals surface area contributed by atoms with Crippen LogP contribution in [0.3, 0.4) is 0 Å². The van der Waals surface area contributed by atoms with Gasteiger partial charge < -0.3 is 10.1 Å². The van der Waals surface area contributed by atoms with Crippen LogP contribution in [0.2, 0.25) is 0 Å². The Bertz CT molecular complexity index is 610. The molecule has 0 spiro atoms. The number of halogens is 1. The molecule has 0 bridgehead atoms. The van der Waals surface area contributed by atoms with Crippen molar-refractivity contribution in [2.75, 3.05) is 6.61 Å². The van der Waals surface area contributed by atoms with Gasteiger partial charge in [-0.05, 0) is 49.2 Å². The summed E-state index contributed by atoms with van der Waals surface area (Å²) in [5.41, 5.74) is 2.21. The predicted molar refractivity (Wildman–Crippen MR) is 79.6 cm³/mol. The number of aryl methyl sites for hydroxylation is 1. The van der Waals surface area contributed by atoms with Gasteiger partial charge in [-0.1, -0.05) is 24.3 Å². The number of hydrogen-bond donors (Lipinski definition) is 1. The lowest BCUT2D eigenvalue weighted by Gasteiger charge is -2.16. The molecule has 0 aliphatic rings. The van der Waals surface area contributed by atoms with Gasteiger partial charge in [-0.25, -0.2) is 4.39 Å². The Morgan fingerprint density at radius 2 is 1.86 bits per heavy atom. The van der Waals surface area contributed by atoms with E-state index >= 15 is 0 Å². The average molecular weight is 287 g/mol. The van der Waals surface area contributed by atoms with E-state index in [0.29, 0.717) is 5.75 Å². The molecule has 1 unspecified atom stereocenters. The summed E-state index contributed by atoms with van der Waals surface area (Å²) in [5.74, 6) is -0.0786. The fourth-order valence-corrected chi connectivity index (χ4v) is 2.11. The molecule has 0 aliphatic carbocycles. The summed E-state index contributed by atoms with van der Waals surface area (Å²) in [5, 5.41) is 2.88. The zero-order chi connectivity index (χ0) is 15.2. The van der Waals surface area contributed by atoms with Crippen molar-refractivity contribution in [1.82, 2.24) is 5.32 Å². The molecule has 1 atom stereocenters. The van der Waals surface area contributed by atoms with Crippen LogP contribution in [0.15, 0.2) is 48.5 Å². The summed E-state index contributed by atoms with van der Waals surface area (Å²) in [6, 6.07) is 13.4. The van der Waals surface area contributed by atoms with E-state index in [1.165, 1.54) is 24.3 Å². The lowest BCUT2D eigenvalue weighted by molar-refractivity contribution is -0.123. The molecule has 0 saturated carbocycles. The molecule has 2 aromatic rings. The highest BCUT2D eigenvalue weighted by atomic mass is 19.1. The van der Waals surface area contributed by atoms with Crippen LogP contribution in [-0.2, 0) is 4.79 Å². The van der Waals surface area contributed by atoms with Crippen LogP contribution in [0.25, 0.3) is 0 Å². The van der Waals surface area contributed by atoms with Crippen LogP contribution in [0.1, 0.15) is 24.1 Å². The van der Waals surface area contributed by atoms with Gasteiger partial charge in [0.15, 0.2) is 6.61 Å². The molecule has 0 aromatic heterocycles. The van der Waals surface area contributed by atoms with Crippen molar-refractivity contribution in [3.8, 4) is 5.75 Å². The molecule has 0 fully saturated rings. The minimum Gasteiger partial charge on any atom is -0.484 e. The second kappa shape index (κ2) is 6.88. The maximum atomic E-state index is 12.7. The molecule has 2 rings (SSSR count). The Labute approximate surface area is 123 Å². The second-order valence-corrected chi connectivity index (χ2v) is 4.89. The molecule has 0 radical (unpaired) electrons. The smallest absolute Gasteiger partial charge is 0.258 e. The first-order chi connectivity index (χ1) is 10.1. The monoisotopic (exact) mass is 287 g/mol. The van der Waals surface area contributed by atoms with Gasteiger partial charge in [0.05, 0.1) is 6.04 Å². The normalized spacial score (nSPS) is 11.8. The van der Waals surface area contributed by atoms with E-state index in [4.69, 9.17) is 4.74 Å². The Kier molecular flexibility index (Phi) is 4.93. The van der Waals surface area contributed by atoms with Gasteiger partial charge in [0.2, 0.25) is 0 Å². The van der Waals surface area contributed by atoms with Crippen molar-refractivity contribution in [1.29, 1.82) is 0 Å². The third kappa shape index (κ3) is 4.31. The number of hydrogen-bond acceptors (Lipinski definition) is 2. The van der Waals surface area contributed by atoms with E-state index in [0.717, 1.165) is 11.1 Å². The quantitative estimate of drug-likeness (QED) is 0.915. The predicted octanol–water partition coefficient (Wildman–Crippen LogP) is 3.39. The molecular weight excluding hydrogens is 269 g/mol. The number of ether oxygens (including phenoxy) is 1. The SMILES string of the molecule is Cc1ccccc1C(C)NC(=O)COc1ccc(F)cc1. The van der Waals surface area contributed by atoms with Gasteiger partial charge in [-0.3, -0.25) is 4.79 Å². The Morgan fingerprint density at radius 1 is 1.19 bits per heavy atom. The summed E-state index contributed by atoms with van der Waals surface area (Å²) >= 11 is 0. The number of amides is 1. The third-order valence-electron chi connectivity index (χ3n) is 3.22. The molecule has 4 heteroatoms. The van der Waals surface area contributed by atoms with Crippen molar-refractivity contribution < 1.29 is 13.9 Å². The van der Waals surface area contributed by atoms with Crippen LogP contribution in [0.5, 0.6) is 5.75 Å². The van der Waals surface area contributed by atoms with E-state index in [9.17, 15) is 9.18 Å². The maximum absolute atomic E-state index is 12.7. The van der Waals surface area contributed by atoms with Crippen LogP contribution in [0, 0.1) is 12.7 Å². The third-order valence-corrected chi connectivity index (χ3v) is 3.22. The van der Waals surface area contributed by atoms with Crippen LogP contribution in [0.4, 0.5) is 4.39 Å². The van der Waals surface area contributed by atoms with Crippen molar-refractivity contribution in [2.45, 2.75) is 19.9 Å². The Hall–Kier alpha value is -2.36. The minimum absolute atomic E-state index is 0.0875. The molecule has 0 saturated heterocycles. The highest BCUT2D eigenvalue weighted by Crippen LogP contribution is 2.16. The summed E-state index contributed by atoms with van der Waals surface area (Å²) in [6.07, 6.45) is 0. The molecule has 1 N–H and O–H groups in total. The Balaban J connectivity index is 1.87. The highest BCUT2D eigenvalue weighted by Gasteiger charge is 2.11. The van der Waals surface area contributed by atoms with Gasteiger partial charge in [0, 0.05) is 0 Å². The highest BCUT2D eigenvalue weighted by molar-refractivity contribution is 5.78. The topological polar surface area (TPSA) is 38.3 Å². The van der Waals surface area contributed by atoms with Crippen molar-refractivity contribution in [2.24, 2.45) is 0 Å². The van der Waals surface area contributed by atoms with Gasteiger partial charge in [0.1, 0.15) is 11.6 Å². The number of carbonyl (C=O) groups is 1. The zero-order valence-electron chi connectivity index (χ0n) is 12.1. The van der Waals surface area contributed by atoms with E-state index < -0.39 is 0 Å². The first-order valence-corrected chi connectivity index (χ1v) is 6.79. The number of benzene rings is 2. The van der Waals surface area contributed by atoms with Gasteiger partial charge >= 0.3 is 0 Å². The van der Waals surface area contributed by atoms with Gasteiger partial charge in [-0.2, -0.15) is 0 Å². The second-order valence-electron chi connectivity index (χ2n) is 4.89. The first kappa shape index (κ1) is 15.0. The molecule has 2 aromatic carbocycles. The molecule has 0 heterocycles. The van der Waals surface area contributed by atoms with Crippen molar-refractivity contribution in [3.05, 3.63) is 65.5 Å². The largest absolute Gasteiger partial charge is 0.484 e. The van der Waals surface area contributed by atoms with Gasteiger partial charge in [0.25, 0.3) is 5.91 Å². The number of carbonyl (C=O) groups excluding carboxylic acids is 1. The zero-order valence-corrected chi connectivity index (χ0v) is 12.1. The molecule has 3 nitrogen and oxygen atoms in total. The first-order valence-electron chi connectivity index (χ1n) is 6.79. The lowest BCUT2D eigenvalue weighted by atomic mass is 10.0. The van der Waals surface area contributed by atoms with E-state index in [-0.39, 0.29) is 24.4 Å². The lowest BCUT2D eigenvalue weighted by Crippen LogP contribution is -2.31. The number of rotatable bonds is 5. The number of nitrogens with one attached hydrogen (secondary N) is 1. The molecule has 0 aliphatic heterocycles. The van der Waals surface area contributed by atoms with Crippen LogP contribution >= 0.6 is 0 Å². The standard InChI is InChI=1S/C17H18FNO2/c1-12-5-3-4-6-16(12)13(2)19-17(20)11-21-15-9-7-14(18)8-10-15/h3-10,13H,11H2,1-2H3,(H,19,20). The fraction of sp³-hybridized carbons (Fsp3) is 0.235. The molecular formula is C17H18FNO2. The van der Waals surface area contributed by atoms with E-state index in [1.54, 1.807) is 0 Å². The summed E-state index contributed by atoms with van der Waals surface area (Å²) in [7, 11) is 0.